The van der Waals surface area contributed by atoms with Crippen molar-refractivity contribution in [3.8, 4) is 0 Å². The number of ether oxygens (including phenoxy) is 1. The molecule has 1 heterocycles. The highest BCUT2D eigenvalue weighted by atomic mass is 16.5. The van der Waals surface area contributed by atoms with E-state index < -0.39 is 5.60 Å². The first-order valence-electron chi connectivity index (χ1n) is 8.80. The van der Waals surface area contributed by atoms with Gasteiger partial charge >= 0.3 is 0 Å². The molecule has 3 rings (SSSR count). The van der Waals surface area contributed by atoms with E-state index in [1.807, 2.05) is 0 Å². The molecule has 1 N–H and O–H groups in total. The molecule has 0 radical (unpaired) electrons. The summed E-state index contributed by atoms with van der Waals surface area (Å²) >= 11 is 0. The maximum Gasteiger partial charge on any atom is 0.0686 e. The second-order valence-corrected chi connectivity index (χ2v) is 8.58. The molecule has 0 amide bonds. The number of hydrogen-bond donors (Lipinski definition) is 1. The van der Waals surface area contributed by atoms with Crippen LogP contribution < -0.4 is 0 Å². The van der Waals surface area contributed by atoms with E-state index >= 15 is 0 Å². The van der Waals surface area contributed by atoms with Crippen LogP contribution in [0.4, 0.5) is 0 Å². The van der Waals surface area contributed by atoms with Gasteiger partial charge in [-0.2, -0.15) is 0 Å². The molecule has 2 saturated carbocycles. The SMILES string of the molecule is CC1(C)CCCC(O)(C2CCOC3(CCCCC3)C2)C1. The van der Waals surface area contributed by atoms with Gasteiger partial charge in [0, 0.05) is 6.61 Å². The number of aliphatic hydroxyl groups is 1. The smallest absolute Gasteiger partial charge is 0.0686 e. The Morgan fingerprint density at radius 2 is 1.70 bits per heavy atom. The summed E-state index contributed by atoms with van der Waals surface area (Å²) in [6, 6.07) is 0. The van der Waals surface area contributed by atoms with Crippen molar-refractivity contribution >= 4 is 0 Å². The summed E-state index contributed by atoms with van der Waals surface area (Å²) in [6.45, 7) is 5.52. The van der Waals surface area contributed by atoms with Crippen LogP contribution in [-0.4, -0.2) is 22.9 Å². The third-order valence-corrected chi connectivity index (χ3v) is 6.27. The first-order chi connectivity index (χ1) is 9.43. The molecule has 3 fully saturated rings. The standard InChI is InChI=1S/C18H32O2/c1-16(2)8-6-11-18(19,14-16)15-7-12-20-17(13-15)9-4-3-5-10-17/h15,19H,3-14H2,1-2H3. The van der Waals surface area contributed by atoms with E-state index in [2.05, 4.69) is 13.8 Å². The van der Waals surface area contributed by atoms with Gasteiger partial charge in [0.25, 0.3) is 0 Å². The lowest BCUT2D eigenvalue weighted by Crippen LogP contribution is -2.52. The Morgan fingerprint density at radius 1 is 0.950 bits per heavy atom. The summed E-state index contributed by atoms with van der Waals surface area (Å²) in [4.78, 5) is 0. The zero-order valence-corrected chi connectivity index (χ0v) is 13.4. The van der Waals surface area contributed by atoms with Gasteiger partial charge in [-0.05, 0) is 56.3 Å². The van der Waals surface area contributed by atoms with E-state index in [-0.39, 0.29) is 5.60 Å². The monoisotopic (exact) mass is 280 g/mol. The summed E-state index contributed by atoms with van der Waals surface area (Å²) in [6.07, 6.45) is 13.1. The summed E-state index contributed by atoms with van der Waals surface area (Å²) in [5.41, 5.74) is 0.0134. The van der Waals surface area contributed by atoms with Gasteiger partial charge in [-0.1, -0.05) is 39.5 Å². The van der Waals surface area contributed by atoms with Crippen molar-refractivity contribution in [3.05, 3.63) is 0 Å². The van der Waals surface area contributed by atoms with Crippen LogP contribution >= 0.6 is 0 Å². The summed E-state index contributed by atoms with van der Waals surface area (Å²) < 4.78 is 6.21. The van der Waals surface area contributed by atoms with Crippen LogP contribution in [0.2, 0.25) is 0 Å². The van der Waals surface area contributed by atoms with Crippen LogP contribution in [0.1, 0.15) is 84.5 Å². The second-order valence-electron chi connectivity index (χ2n) is 8.58. The van der Waals surface area contributed by atoms with Crippen molar-refractivity contribution in [1.82, 2.24) is 0 Å². The first-order valence-corrected chi connectivity index (χ1v) is 8.80. The van der Waals surface area contributed by atoms with Crippen LogP contribution in [0.25, 0.3) is 0 Å². The highest BCUT2D eigenvalue weighted by Crippen LogP contribution is 2.50. The predicted octanol–water partition coefficient (Wildman–Crippen LogP) is 4.45. The minimum atomic E-state index is -0.421. The maximum absolute atomic E-state index is 11.3. The van der Waals surface area contributed by atoms with Gasteiger partial charge in [-0.3, -0.25) is 0 Å². The topological polar surface area (TPSA) is 29.5 Å². The van der Waals surface area contributed by atoms with Crippen molar-refractivity contribution in [2.24, 2.45) is 11.3 Å². The molecule has 0 aromatic heterocycles. The highest BCUT2D eigenvalue weighted by Gasteiger charge is 2.49. The van der Waals surface area contributed by atoms with Crippen LogP contribution in [0.5, 0.6) is 0 Å². The fraction of sp³-hybridized carbons (Fsp3) is 1.00. The molecule has 3 aliphatic rings. The highest BCUT2D eigenvalue weighted by molar-refractivity contribution is 5.00. The van der Waals surface area contributed by atoms with Crippen molar-refractivity contribution in [3.63, 3.8) is 0 Å². The van der Waals surface area contributed by atoms with Crippen LogP contribution in [0.15, 0.2) is 0 Å². The van der Waals surface area contributed by atoms with E-state index in [1.54, 1.807) is 0 Å². The van der Waals surface area contributed by atoms with Crippen LogP contribution in [0.3, 0.4) is 0 Å². The molecule has 116 valence electrons. The largest absolute Gasteiger partial charge is 0.390 e. The molecular formula is C18H32O2. The van der Waals surface area contributed by atoms with Gasteiger partial charge in [0.2, 0.25) is 0 Å². The van der Waals surface area contributed by atoms with Gasteiger partial charge in [-0.15, -0.1) is 0 Å². The van der Waals surface area contributed by atoms with Crippen molar-refractivity contribution in [1.29, 1.82) is 0 Å². The Labute approximate surface area is 124 Å². The molecule has 0 aromatic carbocycles. The molecular weight excluding hydrogens is 248 g/mol. The molecule has 2 atom stereocenters. The summed E-state index contributed by atoms with van der Waals surface area (Å²) in [5.74, 6) is 0.467. The predicted molar refractivity (Wildman–Crippen MR) is 81.7 cm³/mol. The quantitative estimate of drug-likeness (QED) is 0.769. The third kappa shape index (κ3) is 2.92. The third-order valence-electron chi connectivity index (χ3n) is 6.27. The van der Waals surface area contributed by atoms with Crippen molar-refractivity contribution < 1.29 is 9.84 Å². The molecule has 20 heavy (non-hydrogen) atoms. The van der Waals surface area contributed by atoms with Crippen molar-refractivity contribution in [2.45, 2.75) is 95.7 Å². The average Bonchev–Trinajstić information content (AvgIpc) is 2.38. The molecule has 2 heteroatoms. The Hall–Kier alpha value is -0.0800. The Balaban J connectivity index is 1.72. The molecule has 2 unspecified atom stereocenters. The van der Waals surface area contributed by atoms with Gasteiger partial charge in [-0.25, -0.2) is 0 Å². The summed E-state index contributed by atoms with van der Waals surface area (Å²) in [7, 11) is 0. The second kappa shape index (κ2) is 5.28. The van der Waals surface area contributed by atoms with E-state index in [4.69, 9.17) is 4.74 Å². The zero-order valence-electron chi connectivity index (χ0n) is 13.4. The molecule has 1 spiro atoms. The Morgan fingerprint density at radius 3 is 2.40 bits per heavy atom. The Bertz CT molecular complexity index is 338. The average molecular weight is 280 g/mol. The molecule has 2 aliphatic carbocycles. The fourth-order valence-electron chi connectivity index (χ4n) is 5.26. The van der Waals surface area contributed by atoms with Crippen molar-refractivity contribution in [2.75, 3.05) is 6.61 Å². The zero-order chi connectivity index (χ0) is 14.3. The lowest BCUT2D eigenvalue weighted by molar-refractivity contribution is -0.172. The minimum absolute atomic E-state index is 0.123. The van der Waals surface area contributed by atoms with Gasteiger partial charge < -0.3 is 9.84 Å². The first kappa shape index (κ1) is 14.8. The lowest BCUT2D eigenvalue weighted by Gasteiger charge is -2.52. The van der Waals surface area contributed by atoms with E-state index in [0.717, 1.165) is 32.3 Å². The van der Waals surface area contributed by atoms with E-state index in [0.29, 0.717) is 11.3 Å². The molecule has 1 aliphatic heterocycles. The molecule has 1 saturated heterocycles. The lowest BCUT2D eigenvalue weighted by atomic mass is 9.61. The Kier molecular flexibility index (Phi) is 3.92. The molecule has 0 bridgehead atoms. The van der Waals surface area contributed by atoms with Crippen LogP contribution in [-0.2, 0) is 4.74 Å². The summed E-state index contributed by atoms with van der Waals surface area (Å²) in [5, 5.41) is 11.3. The van der Waals surface area contributed by atoms with Gasteiger partial charge in [0.1, 0.15) is 0 Å². The van der Waals surface area contributed by atoms with E-state index in [9.17, 15) is 5.11 Å². The van der Waals surface area contributed by atoms with Crippen LogP contribution in [0, 0.1) is 11.3 Å². The fourth-order valence-corrected chi connectivity index (χ4v) is 5.26. The molecule has 0 aromatic rings. The van der Waals surface area contributed by atoms with E-state index in [1.165, 1.54) is 44.9 Å². The minimum Gasteiger partial charge on any atom is -0.390 e. The number of hydrogen-bond acceptors (Lipinski definition) is 2. The normalized spacial score (nSPS) is 40.6. The maximum atomic E-state index is 11.3. The molecule has 2 nitrogen and oxygen atoms in total. The number of rotatable bonds is 1. The van der Waals surface area contributed by atoms with Gasteiger partial charge in [0.05, 0.1) is 11.2 Å². The van der Waals surface area contributed by atoms with Gasteiger partial charge in [0.15, 0.2) is 0 Å².